The molecule has 0 aliphatic heterocycles. The van der Waals surface area contributed by atoms with Gasteiger partial charge in [0.2, 0.25) is 0 Å². The average molecular weight is 194 g/mol. The number of rotatable bonds is 7. The van der Waals surface area contributed by atoms with Crippen molar-refractivity contribution < 1.29 is 4.74 Å². The first-order valence-corrected chi connectivity index (χ1v) is 5.82. The first kappa shape index (κ1) is 11.7. The summed E-state index contributed by atoms with van der Waals surface area (Å²) in [6.45, 7) is 6.13. The Morgan fingerprint density at radius 2 is 2.09 bits per heavy atom. The highest BCUT2D eigenvalue weighted by atomic mass is 32.2. The van der Waals surface area contributed by atoms with Crippen LogP contribution in [0.5, 0.6) is 0 Å². The van der Waals surface area contributed by atoms with Crippen LogP contribution in [-0.4, -0.2) is 30.5 Å². The van der Waals surface area contributed by atoms with Crippen molar-refractivity contribution in [2.75, 3.05) is 30.5 Å². The van der Waals surface area contributed by atoms with Gasteiger partial charge in [0.25, 0.3) is 0 Å². The maximum absolute atomic E-state index is 5.27. The maximum atomic E-state index is 5.27. The molecule has 0 spiro atoms. The maximum Gasteiger partial charge on any atom is 0.0557 e. The molecule has 0 atom stereocenters. The van der Waals surface area contributed by atoms with E-state index in [1.165, 1.54) is 5.75 Å². The molecule has 1 nitrogen and oxygen atoms in total. The van der Waals surface area contributed by atoms with E-state index in [1.54, 1.807) is 0 Å². The Morgan fingerprint density at radius 3 is 2.64 bits per heavy atom. The average Bonchev–Trinajstić information content (AvgIpc) is 1.96. The van der Waals surface area contributed by atoms with Crippen molar-refractivity contribution in [1.29, 1.82) is 0 Å². The zero-order chi connectivity index (χ0) is 8.53. The van der Waals surface area contributed by atoms with Crippen LogP contribution in [0, 0.1) is 5.92 Å². The molecule has 0 aliphatic rings. The Balaban J connectivity index is 2.80. The van der Waals surface area contributed by atoms with Crippen LogP contribution in [0.15, 0.2) is 0 Å². The molecule has 0 amide bonds. The SMILES string of the molecule is CC(C)CSCCOCCS. The molecule has 0 unspecified atom stereocenters. The van der Waals surface area contributed by atoms with Gasteiger partial charge in [-0.15, -0.1) is 0 Å². The van der Waals surface area contributed by atoms with Gasteiger partial charge in [-0.2, -0.15) is 24.4 Å². The number of hydrogen-bond acceptors (Lipinski definition) is 3. The molecule has 68 valence electrons. The molecule has 0 heterocycles. The fourth-order valence-corrected chi connectivity index (χ4v) is 1.61. The standard InChI is InChI=1S/C8H18OS2/c1-8(2)7-11-6-4-9-3-5-10/h8,10H,3-7H2,1-2H3. The molecule has 11 heavy (non-hydrogen) atoms. The first-order valence-electron chi connectivity index (χ1n) is 4.03. The highest BCUT2D eigenvalue weighted by molar-refractivity contribution is 7.99. The monoisotopic (exact) mass is 194 g/mol. The molecule has 0 aliphatic carbocycles. The number of ether oxygens (including phenoxy) is 1. The van der Waals surface area contributed by atoms with Crippen LogP contribution in [0.25, 0.3) is 0 Å². The van der Waals surface area contributed by atoms with Gasteiger partial charge in [-0.3, -0.25) is 0 Å². The molecule has 3 heteroatoms. The topological polar surface area (TPSA) is 9.23 Å². The van der Waals surface area contributed by atoms with Crippen molar-refractivity contribution in [3.8, 4) is 0 Å². The third-order valence-corrected chi connectivity index (χ3v) is 2.60. The summed E-state index contributed by atoms with van der Waals surface area (Å²) < 4.78 is 5.27. The summed E-state index contributed by atoms with van der Waals surface area (Å²) in [6, 6.07) is 0. The lowest BCUT2D eigenvalue weighted by Crippen LogP contribution is -2.01. The van der Waals surface area contributed by atoms with Crippen molar-refractivity contribution in [3.63, 3.8) is 0 Å². The zero-order valence-electron chi connectivity index (χ0n) is 7.38. The Kier molecular flexibility index (Phi) is 9.28. The summed E-state index contributed by atoms with van der Waals surface area (Å²) in [5.41, 5.74) is 0. The fourth-order valence-electron chi connectivity index (χ4n) is 0.603. The Bertz CT molecular complexity index is 76.5. The lowest BCUT2D eigenvalue weighted by Gasteiger charge is -2.04. The van der Waals surface area contributed by atoms with Crippen LogP contribution in [0.4, 0.5) is 0 Å². The lowest BCUT2D eigenvalue weighted by molar-refractivity contribution is 0.167. The Morgan fingerprint density at radius 1 is 1.36 bits per heavy atom. The second-order valence-electron chi connectivity index (χ2n) is 2.80. The van der Waals surface area contributed by atoms with Gasteiger partial charge in [0.1, 0.15) is 0 Å². The van der Waals surface area contributed by atoms with Crippen LogP contribution >= 0.6 is 24.4 Å². The lowest BCUT2D eigenvalue weighted by atomic mass is 10.3. The summed E-state index contributed by atoms with van der Waals surface area (Å²) in [4.78, 5) is 0. The molecule has 0 saturated heterocycles. The molecule has 0 radical (unpaired) electrons. The van der Waals surface area contributed by atoms with Gasteiger partial charge in [-0.25, -0.2) is 0 Å². The molecule has 0 rings (SSSR count). The van der Waals surface area contributed by atoms with Crippen molar-refractivity contribution >= 4 is 24.4 Å². The van der Waals surface area contributed by atoms with Crippen LogP contribution in [0.3, 0.4) is 0 Å². The molecule has 0 fully saturated rings. The number of thioether (sulfide) groups is 1. The summed E-state index contributed by atoms with van der Waals surface area (Å²) in [7, 11) is 0. The van der Waals surface area contributed by atoms with Crippen molar-refractivity contribution in [2.24, 2.45) is 5.92 Å². The van der Waals surface area contributed by atoms with Gasteiger partial charge in [-0.1, -0.05) is 13.8 Å². The highest BCUT2D eigenvalue weighted by Gasteiger charge is 1.93. The summed E-state index contributed by atoms with van der Waals surface area (Å²) in [6.07, 6.45) is 0. The Labute approximate surface area is 79.7 Å². The molecule has 0 bridgehead atoms. The zero-order valence-corrected chi connectivity index (χ0v) is 9.09. The minimum Gasteiger partial charge on any atom is -0.380 e. The van der Waals surface area contributed by atoms with Crippen LogP contribution in [-0.2, 0) is 4.74 Å². The first-order chi connectivity index (χ1) is 5.27. The van der Waals surface area contributed by atoms with Crippen molar-refractivity contribution in [2.45, 2.75) is 13.8 Å². The van der Waals surface area contributed by atoms with E-state index in [4.69, 9.17) is 4.74 Å². The molecular formula is C8H18OS2. The second kappa shape index (κ2) is 8.75. The highest BCUT2D eigenvalue weighted by Crippen LogP contribution is 2.06. The minimum atomic E-state index is 0.783. The van der Waals surface area contributed by atoms with E-state index < -0.39 is 0 Å². The summed E-state index contributed by atoms with van der Waals surface area (Å²) in [5.74, 6) is 3.98. The predicted molar refractivity (Wildman–Crippen MR) is 56.8 cm³/mol. The number of thiol groups is 1. The van der Waals surface area contributed by atoms with Crippen LogP contribution < -0.4 is 0 Å². The third-order valence-electron chi connectivity index (χ3n) is 1.06. The summed E-state index contributed by atoms with van der Waals surface area (Å²) in [5, 5.41) is 0. The molecular weight excluding hydrogens is 176 g/mol. The van der Waals surface area contributed by atoms with E-state index in [0.717, 1.165) is 30.6 Å². The normalized spacial score (nSPS) is 10.9. The van der Waals surface area contributed by atoms with E-state index >= 15 is 0 Å². The molecule has 0 aromatic carbocycles. The smallest absolute Gasteiger partial charge is 0.0557 e. The molecule has 0 aromatic heterocycles. The summed E-state index contributed by atoms with van der Waals surface area (Å²) >= 11 is 6.01. The minimum absolute atomic E-state index is 0.783. The van der Waals surface area contributed by atoms with E-state index in [9.17, 15) is 0 Å². The van der Waals surface area contributed by atoms with Crippen LogP contribution in [0.1, 0.15) is 13.8 Å². The van der Waals surface area contributed by atoms with Gasteiger partial charge in [0.15, 0.2) is 0 Å². The van der Waals surface area contributed by atoms with Crippen LogP contribution in [0.2, 0.25) is 0 Å². The second-order valence-corrected chi connectivity index (χ2v) is 4.40. The predicted octanol–water partition coefficient (Wildman–Crippen LogP) is 2.32. The number of hydrogen-bond donors (Lipinski definition) is 1. The van der Waals surface area contributed by atoms with Crippen molar-refractivity contribution in [1.82, 2.24) is 0 Å². The van der Waals surface area contributed by atoms with Crippen molar-refractivity contribution in [3.05, 3.63) is 0 Å². The van der Waals surface area contributed by atoms with Gasteiger partial charge in [-0.05, 0) is 11.7 Å². The third kappa shape index (κ3) is 10.7. The van der Waals surface area contributed by atoms with Gasteiger partial charge >= 0.3 is 0 Å². The quantitative estimate of drug-likeness (QED) is 0.492. The molecule has 0 N–H and O–H groups in total. The molecule has 0 saturated carbocycles. The Hall–Kier alpha value is 0.660. The molecule has 0 aromatic rings. The van der Waals surface area contributed by atoms with E-state index in [2.05, 4.69) is 26.5 Å². The van der Waals surface area contributed by atoms with E-state index in [-0.39, 0.29) is 0 Å². The van der Waals surface area contributed by atoms with Gasteiger partial charge in [0, 0.05) is 11.5 Å². The van der Waals surface area contributed by atoms with E-state index in [0.29, 0.717) is 0 Å². The van der Waals surface area contributed by atoms with Gasteiger partial charge < -0.3 is 4.74 Å². The van der Waals surface area contributed by atoms with Gasteiger partial charge in [0.05, 0.1) is 13.2 Å². The largest absolute Gasteiger partial charge is 0.380 e. The van der Waals surface area contributed by atoms with E-state index in [1.807, 2.05) is 11.8 Å². The fraction of sp³-hybridized carbons (Fsp3) is 1.00.